The maximum absolute atomic E-state index is 12.6. The third kappa shape index (κ3) is 4.67. The Morgan fingerprint density at radius 1 is 1.43 bits per heavy atom. The normalized spacial score (nSPS) is 21.7. The average molecular weight is 363 g/mol. The summed E-state index contributed by atoms with van der Waals surface area (Å²) < 4.78 is 31.4. The molecule has 1 fully saturated rings. The van der Waals surface area contributed by atoms with Gasteiger partial charge in [-0.2, -0.15) is 4.31 Å². The van der Waals surface area contributed by atoms with Gasteiger partial charge < -0.3 is 10.5 Å². The molecule has 1 aliphatic heterocycles. The van der Waals surface area contributed by atoms with E-state index in [1.807, 2.05) is 6.92 Å². The number of carbonyl (C=O) groups is 1. The molecule has 0 amide bonds. The molecule has 8 heteroatoms. The standard InChI is InChI=1S/C15H22N2O4S.ClH/c1-11-6-13(8-16)9-17(11)22(19,20)10-12-4-3-5-14(7-12)15(18)21-2;/h3-5,7,11,13H,6,8-10,16H2,1-2H3;1H. The highest BCUT2D eigenvalue weighted by molar-refractivity contribution is 7.88. The smallest absolute Gasteiger partial charge is 0.337 e. The molecule has 2 N–H and O–H groups in total. The van der Waals surface area contributed by atoms with Gasteiger partial charge in [-0.3, -0.25) is 0 Å². The molecule has 1 saturated heterocycles. The predicted octanol–water partition coefficient (Wildman–Crippen LogP) is 1.39. The van der Waals surface area contributed by atoms with Crippen molar-refractivity contribution in [2.24, 2.45) is 11.7 Å². The van der Waals surface area contributed by atoms with E-state index in [1.165, 1.54) is 11.4 Å². The van der Waals surface area contributed by atoms with E-state index in [0.29, 0.717) is 24.2 Å². The van der Waals surface area contributed by atoms with Crippen molar-refractivity contribution < 1.29 is 17.9 Å². The Morgan fingerprint density at radius 2 is 2.13 bits per heavy atom. The summed E-state index contributed by atoms with van der Waals surface area (Å²) in [7, 11) is -2.13. The van der Waals surface area contributed by atoms with Crippen LogP contribution < -0.4 is 5.73 Å². The minimum atomic E-state index is -3.43. The van der Waals surface area contributed by atoms with E-state index in [4.69, 9.17) is 5.73 Å². The van der Waals surface area contributed by atoms with Gasteiger partial charge in [0, 0.05) is 12.6 Å². The largest absolute Gasteiger partial charge is 0.465 e. The van der Waals surface area contributed by atoms with Crippen LogP contribution in [-0.2, 0) is 20.5 Å². The number of nitrogens with zero attached hydrogens (tertiary/aromatic N) is 1. The van der Waals surface area contributed by atoms with Crippen molar-refractivity contribution in [3.8, 4) is 0 Å². The number of hydrogen-bond acceptors (Lipinski definition) is 5. The van der Waals surface area contributed by atoms with Crippen LogP contribution in [0.25, 0.3) is 0 Å². The number of methoxy groups -OCH3 is 1. The van der Waals surface area contributed by atoms with E-state index in [-0.39, 0.29) is 30.1 Å². The summed E-state index contributed by atoms with van der Waals surface area (Å²) >= 11 is 0. The van der Waals surface area contributed by atoms with Gasteiger partial charge in [-0.15, -0.1) is 12.4 Å². The molecule has 1 aliphatic rings. The molecule has 0 bridgehead atoms. The molecular formula is C15H23ClN2O4S. The van der Waals surface area contributed by atoms with Gasteiger partial charge in [-0.05, 0) is 43.5 Å². The van der Waals surface area contributed by atoms with Crippen molar-refractivity contribution in [1.29, 1.82) is 0 Å². The fourth-order valence-electron chi connectivity index (χ4n) is 2.87. The molecule has 6 nitrogen and oxygen atoms in total. The summed E-state index contributed by atoms with van der Waals surface area (Å²) in [5.41, 5.74) is 6.58. The number of hydrogen-bond donors (Lipinski definition) is 1. The highest BCUT2D eigenvalue weighted by Gasteiger charge is 2.36. The first-order chi connectivity index (χ1) is 10.4. The maximum atomic E-state index is 12.6. The highest BCUT2D eigenvalue weighted by Crippen LogP contribution is 2.27. The second-order valence-corrected chi connectivity index (χ2v) is 7.63. The van der Waals surface area contributed by atoms with E-state index in [2.05, 4.69) is 4.74 Å². The van der Waals surface area contributed by atoms with Crippen molar-refractivity contribution in [1.82, 2.24) is 4.31 Å². The van der Waals surface area contributed by atoms with E-state index < -0.39 is 16.0 Å². The van der Waals surface area contributed by atoms with Crippen molar-refractivity contribution >= 4 is 28.4 Å². The summed E-state index contributed by atoms with van der Waals surface area (Å²) in [6.07, 6.45) is 0.790. The van der Waals surface area contributed by atoms with Crippen LogP contribution in [0.1, 0.15) is 29.3 Å². The minimum Gasteiger partial charge on any atom is -0.465 e. The van der Waals surface area contributed by atoms with E-state index in [1.54, 1.807) is 24.3 Å². The average Bonchev–Trinajstić information content (AvgIpc) is 2.88. The number of halogens is 1. The van der Waals surface area contributed by atoms with Gasteiger partial charge in [0.05, 0.1) is 18.4 Å². The molecule has 0 saturated carbocycles. The number of esters is 1. The first kappa shape index (κ1) is 19.9. The molecule has 0 spiro atoms. The number of ether oxygens (including phenoxy) is 1. The van der Waals surface area contributed by atoms with Crippen molar-refractivity contribution in [3.05, 3.63) is 35.4 Å². The van der Waals surface area contributed by atoms with Gasteiger partial charge in [0.2, 0.25) is 10.0 Å². The van der Waals surface area contributed by atoms with Crippen LogP contribution in [0.15, 0.2) is 24.3 Å². The molecule has 130 valence electrons. The molecule has 1 aromatic rings. The lowest BCUT2D eigenvalue weighted by atomic mass is 10.1. The lowest BCUT2D eigenvalue weighted by molar-refractivity contribution is 0.0600. The lowest BCUT2D eigenvalue weighted by Crippen LogP contribution is -2.35. The summed E-state index contributed by atoms with van der Waals surface area (Å²) in [5, 5.41) is 0. The highest BCUT2D eigenvalue weighted by atomic mass is 35.5. The third-order valence-electron chi connectivity index (χ3n) is 3.99. The van der Waals surface area contributed by atoms with Gasteiger partial charge in [0.25, 0.3) is 0 Å². The first-order valence-corrected chi connectivity index (χ1v) is 8.85. The number of benzene rings is 1. The van der Waals surface area contributed by atoms with Crippen molar-refractivity contribution in [2.45, 2.75) is 25.1 Å². The van der Waals surface area contributed by atoms with Crippen LogP contribution in [0.3, 0.4) is 0 Å². The van der Waals surface area contributed by atoms with Crippen molar-refractivity contribution in [2.75, 3.05) is 20.2 Å². The summed E-state index contributed by atoms with van der Waals surface area (Å²) in [4.78, 5) is 11.5. The van der Waals surface area contributed by atoms with Gasteiger partial charge >= 0.3 is 5.97 Å². The molecule has 2 atom stereocenters. The van der Waals surface area contributed by atoms with Crippen LogP contribution in [-0.4, -0.2) is 44.9 Å². The quantitative estimate of drug-likeness (QED) is 0.799. The minimum absolute atomic E-state index is 0. The lowest BCUT2D eigenvalue weighted by Gasteiger charge is -2.21. The fraction of sp³-hybridized carbons (Fsp3) is 0.533. The monoisotopic (exact) mass is 362 g/mol. The Morgan fingerprint density at radius 3 is 2.70 bits per heavy atom. The van der Waals surface area contributed by atoms with Crippen LogP contribution in [0.2, 0.25) is 0 Å². The molecule has 0 radical (unpaired) electrons. The SMILES string of the molecule is COC(=O)c1cccc(CS(=O)(=O)N2CC(CN)CC2C)c1.Cl. The molecule has 1 heterocycles. The zero-order valence-electron chi connectivity index (χ0n) is 13.3. The molecule has 0 aliphatic carbocycles. The van der Waals surface area contributed by atoms with Gasteiger partial charge in [-0.25, -0.2) is 13.2 Å². The summed E-state index contributed by atoms with van der Waals surface area (Å²) in [6, 6.07) is 6.48. The zero-order valence-corrected chi connectivity index (χ0v) is 14.9. The van der Waals surface area contributed by atoms with Crippen LogP contribution >= 0.6 is 12.4 Å². The second-order valence-electron chi connectivity index (χ2n) is 5.70. The van der Waals surface area contributed by atoms with E-state index in [0.717, 1.165) is 6.42 Å². The van der Waals surface area contributed by atoms with Gasteiger partial charge in [0.1, 0.15) is 0 Å². The Balaban J connectivity index is 0.00000264. The van der Waals surface area contributed by atoms with Crippen molar-refractivity contribution in [3.63, 3.8) is 0 Å². The molecule has 1 aromatic carbocycles. The Bertz CT molecular complexity index is 651. The predicted molar refractivity (Wildman–Crippen MR) is 91.0 cm³/mol. The summed E-state index contributed by atoms with van der Waals surface area (Å²) in [5.74, 6) is -0.386. The molecule has 23 heavy (non-hydrogen) atoms. The number of carbonyl (C=O) groups excluding carboxylic acids is 1. The summed E-state index contributed by atoms with van der Waals surface area (Å²) in [6.45, 7) is 2.86. The number of nitrogens with two attached hydrogens (primary N) is 1. The van der Waals surface area contributed by atoms with Gasteiger partial charge in [0.15, 0.2) is 0 Å². The maximum Gasteiger partial charge on any atom is 0.337 e. The van der Waals surface area contributed by atoms with E-state index in [9.17, 15) is 13.2 Å². The Labute approximate surface area is 143 Å². The number of rotatable bonds is 5. The molecule has 2 unspecified atom stereocenters. The Hall–Kier alpha value is -1.15. The van der Waals surface area contributed by atoms with E-state index >= 15 is 0 Å². The number of sulfonamides is 1. The zero-order chi connectivity index (χ0) is 16.3. The fourth-order valence-corrected chi connectivity index (χ4v) is 4.71. The third-order valence-corrected chi connectivity index (χ3v) is 5.91. The molecular weight excluding hydrogens is 340 g/mol. The second kappa shape index (κ2) is 8.10. The molecule has 0 aromatic heterocycles. The van der Waals surface area contributed by atoms with Crippen LogP contribution in [0, 0.1) is 5.92 Å². The van der Waals surface area contributed by atoms with Crippen LogP contribution in [0.4, 0.5) is 0 Å². The first-order valence-electron chi connectivity index (χ1n) is 7.24. The van der Waals surface area contributed by atoms with Gasteiger partial charge in [-0.1, -0.05) is 12.1 Å². The topological polar surface area (TPSA) is 89.7 Å². The van der Waals surface area contributed by atoms with Crippen LogP contribution in [0.5, 0.6) is 0 Å². The Kier molecular flexibility index (Phi) is 7.01. The molecule has 2 rings (SSSR count).